The Balaban J connectivity index is 1.64. The molecule has 2 amide bonds. The molecule has 1 fully saturated rings. The predicted octanol–water partition coefficient (Wildman–Crippen LogP) is 1.51. The van der Waals surface area contributed by atoms with Gasteiger partial charge >= 0.3 is 0 Å². The predicted molar refractivity (Wildman–Crippen MR) is 102 cm³/mol. The number of carbonyl (C=O) groups is 2. The quantitative estimate of drug-likeness (QED) is 0.854. The van der Waals surface area contributed by atoms with E-state index in [0.29, 0.717) is 55.1 Å². The van der Waals surface area contributed by atoms with Crippen molar-refractivity contribution < 1.29 is 14.1 Å². The third-order valence-electron chi connectivity index (χ3n) is 5.02. The number of nitrogens with zero attached hydrogens (tertiary/aromatic N) is 4. The van der Waals surface area contributed by atoms with Gasteiger partial charge in [-0.15, -0.1) is 0 Å². The van der Waals surface area contributed by atoms with Gasteiger partial charge in [-0.3, -0.25) is 14.5 Å². The summed E-state index contributed by atoms with van der Waals surface area (Å²) in [6.45, 7) is 10.6. The Labute approximate surface area is 158 Å². The van der Waals surface area contributed by atoms with Crippen LogP contribution in [0.15, 0.2) is 10.6 Å². The normalized spacial score (nSPS) is 16.5. The average Bonchev–Trinajstić information content (AvgIpc) is 3.01. The van der Waals surface area contributed by atoms with E-state index in [9.17, 15) is 9.59 Å². The molecule has 1 aliphatic heterocycles. The lowest BCUT2D eigenvalue weighted by Crippen LogP contribution is -2.51. The van der Waals surface area contributed by atoms with Crippen molar-refractivity contribution in [2.24, 2.45) is 0 Å². The molecule has 27 heavy (non-hydrogen) atoms. The summed E-state index contributed by atoms with van der Waals surface area (Å²) in [4.78, 5) is 33.3. The summed E-state index contributed by atoms with van der Waals surface area (Å²) in [5.41, 5.74) is 2.37. The van der Waals surface area contributed by atoms with Crippen molar-refractivity contribution in [2.45, 2.75) is 40.2 Å². The van der Waals surface area contributed by atoms with Crippen molar-refractivity contribution in [1.29, 1.82) is 0 Å². The van der Waals surface area contributed by atoms with Crippen molar-refractivity contribution >= 4 is 22.9 Å². The van der Waals surface area contributed by atoms with Crippen LogP contribution in [0.1, 0.15) is 42.0 Å². The third kappa shape index (κ3) is 4.27. The van der Waals surface area contributed by atoms with Gasteiger partial charge in [0.25, 0.3) is 11.6 Å². The maximum absolute atomic E-state index is 13.1. The molecular weight excluding hydrogens is 346 g/mol. The fourth-order valence-corrected chi connectivity index (χ4v) is 3.29. The summed E-state index contributed by atoms with van der Waals surface area (Å²) in [6.07, 6.45) is 0.913. The first-order valence-corrected chi connectivity index (χ1v) is 9.43. The number of fused-ring (bicyclic) bond motifs is 1. The molecular formula is C19H27N5O3. The van der Waals surface area contributed by atoms with Gasteiger partial charge in [0.15, 0.2) is 0 Å². The van der Waals surface area contributed by atoms with E-state index in [2.05, 4.69) is 20.4 Å². The lowest BCUT2D eigenvalue weighted by atomic mass is 10.1. The average molecular weight is 373 g/mol. The SMILES string of the molecule is CCC(C)NC(=O)CN1CCN(C(=O)c2cc(C)nc3onc(C)c23)CC1. The van der Waals surface area contributed by atoms with Crippen molar-refractivity contribution in [3.8, 4) is 0 Å². The van der Waals surface area contributed by atoms with Gasteiger partial charge in [-0.1, -0.05) is 12.1 Å². The molecule has 146 valence electrons. The molecule has 8 nitrogen and oxygen atoms in total. The Bertz CT molecular complexity index is 839. The standard InChI is InChI=1S/C19H27N5O3/c1-5-12(2)20-16(25)11-23-6-8-24(9-7-23)19(26)15-10-13(3)21-18-17(15)14(4)22-27-18/h10,12H,5-9,11H2,1-4H3,(H,20,25). The molecule has 2 aromatic heterocycles. The van der Waals surface area contributed by atoms with Gasteiger partial charge in [0.1, 0.15) is 0 Å². The number of piperazine rings is 1. The first-order chi connectivity index (χ1) is 12.9. The van der Waals surface area contributed by atoms with Crippen LogP contribution < -0.4 is 5.32 Å². The maximum atomic E-state index is 13.1. The zero-order valence-corrected chi connectivity index (χ0v) is 16.4. The zero-order valence-electron chi connectivity index (χ0n) is 16.4. The molecule has 1 unspecified atom stereocenters. The highest BCUT2D eigenvalue weighted by Gasteiger charge is 2.26. The molecule has 0 saturated carbocycles. The van der Waals surface area contributed by atoms with Gasteiger partial charge in [-0.2, -0.15) is 0 Å². The lowest BCUT2D eigenvalue weighted by molar-refractivity contribution is -0.123. The first-order valence-electron chi connectivity index (χ1n) is 9.43. The summed E-state index contributed by atoms with van der Waals surface area (Å²) >= 11 is 0. The molecule has 1 N–H and O–H groups in total. The Morgan fingerprint density at radius 2 is 1.96 bits per heavy atom. The second-order valence-corrected chi connectivity index (χ2v) is 7.20. The molecule has 1 atom stereocenters. The Morgan fingerprint density at radius 1 is 1.26 bits per heavy atom. The number of aryl methyl sites for hydroxylation is 2. The van der Waals surface area contributed by atoms with Crippen LogP contribution in [0.2, 0.25) is 0 Å². The minimum Gasteiger partial charge on any atom is -0.353 e. The van der Waals surface area contributed by atoms with Crippen molar-refractivity contribution in [3.63, 3.8) is 0 Å². The van der Waals surface area contributed by atoms with Crippen LogP contribution in [0.3, 0.4) is 0 Å². The Hall–Kier alpha value is -2.48. The van der Waals surface area contributed by atoms with Crippen molar-refractivity contribution in [2.75, 3.05) is 32.7 Å². The van der Waals surface area contributed by atoms with Crippen LogP contribution in [0.5, 0.6) is 0 Å². The number of hydrogen-bond donors (Lipinski definition) is 1. The van der Waals surface area contributed by atoms with Crippen LogP contribution >= 0.6 is 0 Å². The van der Waals surface area contributed by atoms with Crippen molar-refractivity contribution in [1.82, 2.24) is 25.3 Å². The molecule has 3 heterocycles. The summed E-state index contributed by atoms with van der Waals surface area (Å²) in [6, 6.07) is 1.98. The Morgan fingerprint density at radius 3 is 2.63 bits per heavy atom. The van der Waals surface area contributed by atoms with Gasteiger partial charge < -0.3 is 14.7 Å². The number of pyridine rings is 1. The minimum absolute atomic E-state index is 0.0377. The van der Waals surface area contributed by atoms with Gasteiger partial charge in [0.05, 0.1) is 23.2 Å². The fraction of sp³-hybridized carbons (Fsp3) is 0.579. The number of rotatable bonds is 5. The minimum atomic E-state index is -0.0412. The smallest absolute Gasteiger partial charge is 0.258 e. The third-order valence-corrected chi connectivity index (χ3v) is 5.02. The summed E-state index contributed by atoms with van der Waals surface area (Å²) < 4.78 is 5.22. The van der Waals surface area contributed by atoms with Crippen LogP contribution in [0.4, 0.5) is 0 Å². The number of hydrogen-bond acceptors (Lipinski definition) is 6. The highest BCUT2D eigenvalue weighted by molar-refractivity contribution is 6.06. The molecule has 0 aliphatic carbocycles. The molecule has 0 spiro atoms. The van der Waals surface area contributed by atoms with E-state index in [1.165, 1.54) is 0 Å². The highest BCUT2D eigenvalue weighted by Crippen LogP contribution is 2.23. The number of amides is 2. The molecule has 1 saturated heterocycles. The van der Waals surface area contributed by atoms with Gasteiger partial charge in [0.2, 0.25) is 5.91 Å². The Kier molecular flexibility index (Phi) is 5.74. The molecule has 1 aliphatic rings. The monoisotopic (exact) mass is 373 g/mol. The first kappa shape index (κ1) is 19.3. The van der Waals surface area contributed by atoms with E-state index in [0.717, 1.165) is 12.1 Å². The molecule has 0 radical (unpaired) electrons. The van der Waals surface area contributed by atoms with Crippen molar-refractivity contribution in [3.05, 3.63) is 23.0 Å². The summed E-state index contributed by atoms with van der Waals surface area (Å²) in [5, 5.41) is 7.60. The van der Waals surface area contributed by atoms with Gasteiger partial charge in [-0.25, -0.2) is 4.98 Å². The maximum Gasteiger partial charge on any atom is 0.258 e. The van der Waals surface area contributed by atoms with E-state index < -0.39 is 0 Å². The molecule has 3 rings (SSSR count). The molecule has 0 aromatic carbocycles. The van der Waals surface area contributed by atoms with Crippen LogP contribution in [-0.2, 0) is 4.79 Å². The molecule has 8 heteroatoms. The fourth-order valence-electron chi connectivity index (χ4n) is 3.29. The zero-order chi connectivity index (χ0) is 19.6. The van der Waals surface area contributed by atoms with E-state index in [1.54, 1.807) is 6.07 Å². The molecule has 0 bridgehead atoms. The number of carbonyl (C=O) groups excluding carboxylic acids is 2. The largest absolute Gasteiger partial charge is 0.353 e. The summed E-state index contributed by atoms with van der Waals surface area (Å²) in [5.74, 6) is -0.00352. The second-order valence-electron chi connectivity index (χ2n) is 7.20. The topological polar surface area (TPSA) is 91.6 Å². The van der Waals surface area contributed by atoms with Crippen LogP contribution in [0, 0.1) is 13.8 Å². The summed E-state index contributed by atoms with van der Waals surface area (Å²) in [7, 11) is 0. The van der Waals surface area contributed by atoms with E-state index in [-0.39, 0.29) is 17.9 Å². The highest BCUT2D eigenvalue weighted by atomic mass is 16.5. The van der Waals surface area contributed by atoms with Crippen LogP contribution in [0.25, 0.3) is 11.1 Å². The van der Waals surface area contributed by atoms with Gasteiger partial charge in [0, 0.05) is 37.9 Å². The van der Waals surface area contributed by atoms with Gasteiger partial charge in [-0.05, 0) is 33.3 Å². The number of aromatic nitrogens is 2. The van der Waals surface area contributed by atoms with E-state index in [4.69, 9.17) is 4.52 Å². The second kappa shape index (κ2) is 8.04. The van der Waals surface area contributed by atoms with E-state index in [1.807, 2.05) is 32.6 Å². The lowest BCUT2D eigenvalue weighted by Gasteiger charge is -2.34. The van der Waals surface area contributed by atoms with E-state index >= 15 is 0 Å². The number of nitrogens with one attached hydrogen (secondary N) is 1. The molecule has 2 aromatic rings. The van der Waals surface area contributed by atoms with Crippen LogP contribution in [-0.4, -0.2) is 70.5 Å².